The SMILES string of the molecule is COc1ccc(NCC(C)Oc2ccccc2OC)cc1. The Hall–Kier alpha value is -2.36. The first kappa shape index (κ1) is 15.0. The standard InChI is InChI=1S/C17H21NO3/c1-13(21-17-7-5-4-6-16(17)20-3)12-18-14-8-10-15(19-2)11-9-14/h4-11,13,18H,12H2,1-3H3. The molecule has 0 spiro atoms. The van der Waals surface area contributed by atoms with E-state index >= 15 is 0 Å². The van der Waals surface area contributed by atoms with E-state index in [9.17, 15) is 0 Å². The van der Waals surface area contributed by atoms with Crippen LogP contribution in [0.3, 0.4) is 0 Å². The molecule has 0 aliphatic carbocycles. The van der Waals surface area contributed by atoms with Gasteiger partial charge >= 0.3 is 0 Å². The van der Waals surface area contributed by atoms with Gasteiger partial charge in [-0.2, -0.15) is 0 Å². The van der Waals surface area contributed by atoms with Crippen molar-refractivity contribution >= 4 is 5.69 Å². The van der Waals surface area contributed by atoms with Crippen LogP contribution in [0, 0.1) is 0 Å². The lowest BCUT2D eigenvalue weighted by atomic mass is 10.3. The zero-order valence-corrected chi connectivity index (χ0v) is 12.6. The van der Waals surface area contributed by atoms with Gasteiger partial charge in [-0.25, -0.2) is 0 Å². The Balaban J connectivity index is 1.87. The molecule has 1 unspecified atom stereocenters. The molecule has 0 fully saturated rings. The average molecular weight is 287 g/mol. The van der Waals surface area contributed by atoms with Crippen LogP contribution in [0.25, 0.3) is 0 Å². The highest BCUT2D eigenvalue weighted by atomic mass is 16.5. The molecule has 0 radical (unpaired) electrons. The van der Waals surface area contributed by atoms with Crippen LogP contribution in [0.4, 0.5) is 5.69 Å². The van der Waals surface area contributed by atoms with E-state index in [4.69, 9.17) is 14.2 Å². The molecule has 4 heteroatoms. The first-order valence-electron chi connectivity index (χ1n) is 6.90. The smallest absolute Gasteiger partial charge is 0.161 e. The summed E-state index contributed by atoms with van der Waals surface area (Å²) in [4.78, 5) is 0. The molecule has 0 amide bonds. The topological polar surface area (TPSA) is 39.7 Å². The molecule has 0 saturated heterocycles. The van der Waals surface area contributed by atoms with Crippen molar-refractivity contribution in [3.8, 4) is 17.2 Å². The number of benzene rings is 2. The predicted molar refractivity (Wildman–Crippen MR) is 84.6 cm³/mol. The van der Waals surface area contributed by atoms with E-state index in [1.165, 1.54) is 0 Å². The molecular formula is C17H21NO3. The van der Waals surface area contributed by atoms with Gasteiger partial charge in [-0.3, -0.25) is 0 Å². The van der Waals surface area contributed by atoms with Crippen LogP contribution in [-0.2, 0) is 0 Å². The molecule has 112 valence electrons. The number of methoxy groups -OCH3 is 2. The summed E-state index contributed by atoms with van der Waals surface area (Å²) in [6, 6.07) is 15.5. The maximum absolute atomic E-state index is 5.89. The summed E-state index contributed by atoms with van der Waals surface area (Å²) in [5.74, 6) is 2.34. The van der Waals surface area contributed by atoms with Crippen LogP contribution < -0.4 is 19.5 Å². The van der Waals surface area contributed by atoms with Crippen molar-refractivity contribution in [2.45, 2.75) is 13.0 Å². The van der Waals surface area contributed by atoms with Gasteiger partial charge in [-0.1, -0.05) is 12.1 Å². The molecule has 1 N–H and O–H groups in total. The van der Waals surface area contributed by atoms with Crippen LogP contribution in [0.2, 0.25) is 0 Å². The summed E-state index contributed by atoms with van der Waals surface area (Å²) in [6.07, 6.45) is 0.0170. The number of hydrogen-bond donors (Lipinski definition) is 1. The molecule has 2 rings (SSSR count). The Morgan fingerprint density at radius 2 is 1.57 bits per heavy atom. The summed E-state index contributed by atoms with van der Waals surface area (Å²) in [7, 11) is 3.30. The van der Waals surface area contributed by atoms with Crippen molar-refractivity contribution in [3.05, 3.63) is 48.5 Å². The Morgan fingerprint density at radius 1 is 0.905 bits per heavy atom. The fourth-order valence-corrected chi connectivity index (χ4v) is 1.95. The van der Waals surface area contributed by atoms with Gasteiger partial charge < -0.3 is 19.5 Å². The van der Waals surface area contributed by atoms with E-state index < -0.39 is 0 Å². The lowest BCUT2D eigenvalue weighted by Crippen LogP contribution is -2.22. The Kier molecular flexibility index (Phi) is 5.32. The Morgan fingerprint density at radius 3 is 2.19 bits per heavy atom. The molecule has 0 saturated carbocycles. The summed E-state index contributed by atoms with van der Waals surface area (Å²) in [5, 5.41) is 3.33. The fraction of sp³-hybridized carbons (Fsp3) is 0.294. The third-order valence-electron chi connectivity index (χ3n) is 3.08. The summed E-state index contributed by atoms with van der Waals surface area (Å²) in [5.41, 5.74) is 1.03. The highest BCUT2D eigenvalue weighted by molar-refractivity contribution is 5.46. The van der Waals surface area contributed by atoms with Crippen molar-refractivity contribution < 1.29 is 14.2 Å². The highest BCUT2D eigenvalue weighted by Gasteiger charge is 2.08. The molecule has 0 aliphatic rings. The zero-order chi connectivity index (χ0) is 15.1. The molecule has 21 heavy (non-hydrogen) atoms. The predicted octanol–water partition coefficient (Wildman–Crippen LogP) is 3.58. The van der Waals surface area contributed by atoms with Gasteiger partial charge in [0.1, 0.15) is 11.9 Å². The van der Waals surface area contributed by atoms with Crippen LogP contribution >= 0.6 is 0 Å². The summed E-state index contributed by atoms with van der Waals surface area (Å²) < 4.78 is 16.3. The average Bonchev–Trinajstić information content (AvgIpc) is 2.54. The first-order chi connectivity index (χ1) is 10.2. The molecule has 4 nitrogen and oxygen atoms in total. The van der Waals surface area contributed by atoms with Gasteiger partial charge in [-0.15, -0.1) is 0 Å². The molecule has 0 bridgehead atoms. The summed E-state index contributed by atoms with van der Waals surface area (Å²) >= 11 is 0. The van der Waals surface area contributed by atoms with Gasteiger partial charge in [0.05, 0.1) is 20.8 Å². The van der Waals surface area contributed by atoms with Crippen molar-refractivity contribution in [1.29, 1.82) is 0 Å². The Labute approximate surface area is 125 Å². The third kappa shape index (κ3) is 4.31. The summed E-state index contributed by atoms with van der Waals surface area (Å²) in [6.45, 7) is 2.72. The van der Waals surface area contributed by atoms with Crippen molar-refractivity contribution in [1.82, 2.24) is 0 Å². The normalized spacial score (nSPS) is 11.6. The lowest BCUT2D eigenvalue weighted by molar-refractivity contribution is 0.223. The van der Waals surface area contributed by atoms with E-state index in [1.807, 2.05) is 55.5 Å². The van der Waals surface area contributed by atoms with Crippen LogP contribution in [0.1, 0.15) is 6.92 Å². The van der Waals surface area contributed by atoms with E-state index in [-0.39, 0.29) is 6.10 Å². The minimum absolute atomic E-state index is 0.0170. The van der Waals surface area contributed by atoms with Crippen molar-refractivity contribution in [3.63, 3.8) is 0 Å². The highest BCUT2D eigenvalue weighted by Crippen LogP contribution is 2.26. The van der Waals surface area contributed by atoms with E-state index in [0.717, 1.165) is 22.9 Å². The molecule has 2 aromatic rings. The van der Waals surface area contributed by atoms with Crippen LogP contribution in [-0.4, -0.2) is 26.9 Å². The number of hydrogen-bond acceptors (Lipinski definition) is 4. The number of rotatable bonds is 7. The van der Waals surface area contributed by atoms with E-state index in [1.54, 1.807) is 14.2 Å². The largest absolute Gasteiger partial charge is 0.497 e. The van der Waals surface area contributed by atoms with Gasteiger partial charge in [0.15, 0.2) is 11.5 Å². The van der Waals surface area contributed by atoms with Crippen LogP contribution in [0.5, 0.6) is 17.2 Å². The molecule has 0 heterocycles. The number of para-hydroxylation sites is 2. The minimum Gasteiger partial charge on any atom is -0.497 e. The van der Waals surface area contributed by atoms with Crippen molar-refractivity contribution in [2.24, 2.45) is 0 Å². The lowest BCUT2D eigenvalue weighted by Gasteiger charge is -2.18. The maximum Gasteiger partial charge on any atom is 0.161 e. The maximum atomic E-state index is 5.89. The zero-order valence-electron chi connectivity index (χ0n) is 12.6. The molecule has 1 atom stereocenters. The van der Waals surface area contributed by atoms with Gasteiger partial charge in [0, 0.05) is 5.69 Å². The molecular weight excluding hydrogens is 266 g/mol. The number of nitrogens with one attached hydrogen (secondary N) is 1. The second-order valence-corrected chi connectivity index (χ2v) is 4.69. The Bertz CT molecular complexity index is 554. The third-order valence-corrected chi connectivity index (χ3v) is 3.08. The van der Waals surface area contributed by atoms with E-state index in [2.05, 4.69) is 5.32 Å². The van der Waals surface area contributed by atoms with Gasteiger partial charge in [0.25, 0.3) is 0 Å². The molecule has 0 aromatic heterocycles. The first-order valence-corrected chi connectivity index (χ1v) is 6.90. The van der Waals surface area contributed by atoms with Crippen LogP contribution in [0.15, 0.2) is 48.5 Å². The molecule has 2 aromatic carbocycles. The fourth-order valence-electron chi connectivity index (χ4n) is 1.95. The monoisotopic (exact) mass is 287 g/mol. The second-order valence-electron chi connectivity index (χ2n) is 4.69. The second kappa shape index (κ2) is 7.43. The van der Waals surface area contributed by atoms with Gasteiger partial charge in [-0.05, 0) is 43.3 Å². The minimum atomic E-state index is 0.0170. The van der Waals surface area contributed by atoms with Crippen molar-refractivity contribution in [2.75, 3.05) is 26.1 Å². The number of anilines is 1. The van der Waals surface area contributed by atoms with E-state index in [0.29, 0.717) is 6.54 Å². The molecule has 0 aliphatic heterocycles. The van der Waals surface area contributed by atoms with Gasteiger partial charge in [0.2, 0.25) is 0 Å². The quantitative estimate of drug-likeness (QED) is 0.845. The number of ether oxygens (including phenoxy) is 3.